The van der Waals surface area contributed by atoms with Gasteiger partial charge in [0.05, 0.1) is 20.3 Å². The van der Waals surface area contributed by atoms with Gasteiger partial charge in [0.1, 0.15) is 0 Å². The van der Waals surface area contributed by atoms with Crippen molar-refractivity contribution >= 4 is 0 Å². The Morgan fingerprint density at radius 2 is 1.61 bits per heavy atom. The van der Waals surface area contributed by atoms with Gasteiger partial charge >= 0.3 is 0 Å². The Morgan fingerprint density at radius 3 is 2.22 bits per heavy atom. The number of likely N-dealkylation sites (N-methyl/N-ethyl adjacent to an activating group) is 1. The van der Waals surface area contributed by atoms with Crippen LogP contribution in [0, 0.1) is 0 Å². The molecule has 0 radical (unpaired) electrons. The van der Waals surface area contributed by atoms with Gasteiger partial charge in [0.25, 0.3) is 0 Å². The second-order valence-corrected chi connectivity index (χ2v) is 6.82. The fraction of sp³-hybridized carbons (Fsp3) is 0.400. The predicted octanol–water partition coefficient (Wildman–Crippen LogP) is 4.06. The minimum Gasteiger partial charge on any atom is -0.493 e. The maximum atomic E-state index is 5.53. The molecule has 0 saturated carbocycles. The first-order valence-corrected chi connectivity index (χ1v) is 8.00. The summed E-state index contributed by atoms with van der Waals surface area (Å²) >= 11 is 0. The van der Waals surface area contributed by atoms with Crippen LogP contribution >= 0.6 is 0 Å². The summed E-state index contributed by atoms with van der Waals surface area (Å²) in [6.07, 6.45) is 0.989. The number of nitrogens with zero attached hydrogens (tertiary/aromatic N) is 1. The fourth-order valence-corrected chi connectivity index (χ4v) is 3.53. The van der Waals surface area contributed by atoms with Crippen molar-refractivity contribution in [2.45, 2.75) is 31.8 Å². The molecule has 1 aliphatic rings. The van der Waals surface area contributed by atoms with E-state index in [1.54, 1.807) is 14.2 Å². The smallest absolute Gasteiger partial charge is 0.161 e. The number of rotatable bonds is 3. The van der Waals surface area contributed by atoms with Crippen molar-refractivity contribution in [3.8, 4) is 11.5 Å². The van der Waals surface area contributed by atoms with Crippen LogP contribution in [0.1, 0.15) is 36.6 Å². The Hall–Kier alpha value is -2.00. The minimum absolute atomic E-state index is 0.0765. The van der Waals surface area contributed by atoms with Crippen LogP contribution in [0.15, 0.2) is 42.5 Å². The molecule has 1 atom stereocenters. The molecule has 0 amide bonds. The molecule has 0 aliphatic carbocycles. The zero-order chi connectivity index (χ0) is 16.6. The lowest BCUT2D eigenvalue weighted by Gasteiger charge is -2.47. The van der Waals surface area contributed by atoms with E-state index in [0.717, 1.165) is 17.9 Å². The van der Waals surface area contributed by atoms with E-state index in [-0.39, 0.29) is 11.6 Å². The molecule has 1 aliphatic heterocycles. The standard InChI is InChI=1S/C20H25NO2/c1-20(2)13-15-11-17(22-4)18(23-5)12-16(15)19(21(20)3)14-9-7-6-8-10-14/h6-12,19H,13H2,1-5H3. The van der Waals surface area contributed by atoms with E-state index in [2.05, 4.69) is 68.3 Å². The molecule has 3 heteroatoms. The molecule has 122 valence electrons. The molecule has 2 aromatic rings. The van der Waals surface area contributed by atoms with Crippen molar-refractivity contribution in [3.63, 3.8) is 0 Å². The van der Waals surface area contributed by atoms with Gasteiger partial charge < -0.3 is 9.47 Å². The molecule has 0 aromatic heterocycles. The molecule has 0 N–H and O–H groups in total. The third-order valence-corrected chi connectivity index (χ3v) is 5.02. The average molecular weight is 311 g/mol. The number of hydrogen-bond acceptors (Lipinski definition) is 3. The second kappa shape index (κ2) is 5.89. The number of hydrogen-bond donors (Lipinski definition) is 0. The number of ether oxygens (including phenoxy) is 2. The van der Waals surface area contributed by atoms with Gasteiger partial charge in [-0.3, -0.25) is 4.90 Å². The van der Waals surface area contributed by atoms with E-state index in [4.69, 9.17) is 9.47 Å². The largest absolute Gasteiger partial charge is 0.493 e. The highest BCUT2D eigenvalue weighted by molar-refractivity contribution is 5.52. The number of methoxy groups -OCH3 is 2. The lowest BCUT2D eigenvalue weighted by molar-refractivity contribution is 0.104. The maximum Gasteiger partial charge on any atom is 0.161 e. The Bertz CT molecular complexity index is 694. The Kier molecular flexibility index (Phi) is 4.07. The summed E-state index contributed by atoms with van der Waals surface area (Å²) in [6, 6.07) is 15.2. The summed E-state index contributed by atoms with van der Waals surface area (Å²) in [4.78, 5) is 2.45. The molecule has 1 unspecified atom stereocenters. The number of fused-ring (bicyclic) bond motifs is 1. The first-order chi connectivity index (χ1) is 11.0. The maximum absolute atomic E-state index is 5.53. The first kappa shape index (κ1) is 15.9. The third-order valence-electron chi connectivity index (χ3n) is 5.02. The van der Waals surface area contributed by atoms with Crippen LogP contribution in [-0.4, -0.2) is 31.7 Å². The second-order valence-electron chi connectivity index (χ2n) is 6.82. The van der Waals surface area contributed by atoms with Crippen molar-refractivity contribution in [2.75, 3.05) is 21.3 Å². The van der Waals surface area contributed by atoms with Gasteiger partial charge in [0.2, 0.25) is 0 Å². The van der Waals surface area contributed by atoms with Crippen molar-refractivity contribution in [3.05, 3.63) is 59.2 Å². The monoisotopic (exact) mass is 311 g/mol. The van der Waals surface area contributed by atoms with Gasteiger partial charge in [-0.2, -0.15) is 0 Å². The lowest BCUT2D eigenvalue weighted by atomic mass is 9.79. The first-order valence-electron chi connectivity index (χ1n) is 8.00. The van der Waals surface area contributed by atoms with E-state index in [1.807, 2.05) is 0 Å². The predicted molar refractivity (Wildman–Crippen MR) is 93.4 cm³/mol. The SMILES string of the molecule is COc1cc2c(cc1OC)C(c1ccccc1)N(C)C(C)(C)C2. The molecule has 23 heavy (non-hydrogen) atoms. The Balaban J connectivity index is 2.21. The average Bonchev–Trinajstić information content (AvgIpc) is 2.55. The van der Waals surface area contributed by atoms with Crippen molar-refractivity contribution < 1.29 is 9.47 Å². The highest BCUT2D eigenvalue weighted by Gasteiger charge is 2.38. The topological polar surface area (TPSA) is 21.7 Å². The quantitative estimate of drug-likeness (QED) is 0.853. The Labute approximate surface area is 138 Å². The van der Waals surface area contributed by atoms with E-state index in [0.29, 0.717) is 0 Å². The van der Waals surface area contributed by atoms with Crippen LogP contribution in [-0.2, 0) is 6.42 Å². The molecular formula is C20H25NO2. The molecule has 0 saturated heterocycles. The van der Waals surface area contributed by atoms with E-state index in [1.165, 1.54) is 16.7 Å². The lowest BCUT2D eigenvalue weighted by Crippen LogP contribution is -2.49. The van der Waals surface area contributed by atoms with Crippen LogP contribution in [0.4, 0.5) is 0 Å². The van der Waals surface area contributed by atoms with Gasteiger partial charge in [-0.05, 0) is 56.1 Å². The third kappa shape index (κ3) is 2.70. The molecule has 3 rings (SSSR count). The summed E-state index contributed by atoms with van der Waals surface area (Å²) in [5.74, 6) is 1.60. The minimum atomic E-state index is 0.0765. The van der Waals surface area contributed by atoms with Crippen LogP contribution in [0.2, 0.25) is 0 Å². The molecule has 0 bridgehead atoms. The van der Waals surface area contributed by atoms with Gasteiger partial charge in [-0.1, -0.05) is 30.3 Å². The molecule has 1 heterocycles. The zero-order valence-electron chi connectivity index (χ0n) is 14.6. The zero-order valence-corrected chi connectivity index (χ0v) is 14.6. The highest BCUT2D eigenvalue weighted by atomic mass is 16.5. The van der Waals surface area contributed by atoms with E-state index < -0.39 is 0 Å². The molecule has 0 fully saturated rings. The Morgan fingerprint density at radius 1 is 1.00 bits per heavy atom. The summed E-state index contributed by atoms with van der Waals surface area (Å²) in [5, 5.41) is 0. The van der Waals surface area contributed by atoms with Crippen LogP contribution in [0.25, 0.3) is 0 Å². The molecule has 2 aromatic carbocycles. The van der Waals surface area contributed by atoms with Crippen LogP contribution < -0.4 is 9.47 Å². The highest BCUT2D eigenvalue weighted by Crippen LogP contribution is 2.44. The van der Waals surface area contributed by atoms with Gasteiger partial charge in [0.15, 0.2) is 11.5 Å². The summed E-state index contributed by atoms with van der Waals surface area (Å²) in [6.45, 7) is 4.59. The van der Waals surface area contributed by atoms with Gasteiger partial charge in [0, 0.05) is 5.54 Å². The summed E-state index contributed by atoms with van der Waals surface area (Å²) in [5.41, 5.74) is 4.01. The van der Waals surface area contributed by atoms with Crippen molar-refractivity contribution in [1.82, 2.24) is 4.90 Å². The summed E-state index contributed by atoms with van der Waals surface area (Å²) < 4.78 is 11.0. The van der Waals surface area contributed by atoms with E-state index in [9.17, 15) is 0 Å². The van der Waals surface area contributed by atoms with Crippen LogP contribution in [0.5, 0.6) is 11.5 Å². The summed E-state index contributed by atoms with van der Waals surface area (Å²) in [7, 11) is 5.59. The van der Waals surface area contributed by atoms with E-state index >= 15 is 0 Å². The molecule has 3 nitrogen and oxygen atoms in total. The fourth-order valence-electron chi connectivity index (χ4n) is 3.53. The number of benzene rings is 2. The normalized spacial score (nSPS) is 20.0. The van der Waals surface area contributed by atoms with Gasteiger partial charge in [-0.15, -0.1) is 0 Å². The van der Waals surface area contributed by atoms with Crippen molar-refractivity contribution in [1.29, 1.82) is 0 Å². The molecular weight excluding hydrogens is 286 g/mol. The van der Waals surface area contributed by atoms with Gasteiger partial charge in [-0.25, -0.2) is 0 Å². The van der Waals surface area contributed by atoms with Crippen molar-refractivity contribution in [2.24, 2.45) is 0 Å². The van der Waals surface area contributed by atoms with Crippen LogP contribution in [0.3, 0.4) is 0 Å². The molecule has 0 spiro atoms.